The molecule has 1 N–H and O–H groups in total. The van der Waals surface area contributed by atoms with E-state index in [-0.39, 0.29) is 5.75 Å². The number of phenols is 1. The van der Waals surface area contributed by atoms with Crippen molar-refractivity contribution >= 4 is 5.57 Å². The number of ether oxygens (including phenoxy) is 1. The van der Waals surface area contributed by atoms with Crippen LogP contribution < -0.4 is 4.74 Å². The van der Waals surface area contributed by atoms with E-state index in [0.717, 1.165) is 37.3 Å². The molecule has 3 aromatic rings. The highest BCUT2D eigenvalue weighted by molar-refractivity contribution is 5.82. The second kappa shape index (κ2) is 11.0. The van der Waals surface area contributed by atoms with Gasteiger partial charge >= 0.3 is 0 Å². The number of nitrogens with zero attached hydrogens (tertiary/aromatic N) is 1. The standard InChI is InChI=1S/C29H33NO2/c1-2-24(22-23-8-4-3-5-9-23)29(25-10-14-27(31)15-11-25)26-12-16-28(17-13-26)32-21-20-30-18-6-7-19-30/h3-5,8-17,31H,2,6-7,18-22H2,1H3. The Labute approximate surface area is 192 Å². The van der Waals surface area contributed by atoms with E-state index in [9.17, 15) is 5.11 Å². The summed E-state index contributed by atoms with van der Waals surface area (Å²) in [4.78, 5) is 2.47. The SMILES string of the molecule is CCC(Cc1ccccc1)=C(c1ccc(O)cc1)c1ccc(OCCN2CCCC2)cc1. The van der Waals surface area contributed by atoms with E-state index in [1.54, 1.807) is 12.1 Å². The van der Waals surface area contributed by atoms with Gasteiger partial charge in [0.2, 0.25) is 0 Å². The molecule has 1 fully saturated rings. The Hall–Kier alpha value is -3.04. The number of allylic oxidation sites excluding steroid dienone is 1. The van der Waals surface area contributed by atoms with E-state index >= 15 is 0 Å². The highest BCUT2D eigenvalue weighted by Gasteiger charge is 2.13. The van der Waals surface area contributed by atoms with Crippen LogP contribution in [-0.4, -0.2) is 36.2 Å². The van der Waals surface area contributed by atoms with Gasteiger partial charge in [-0.3, -0.25) is 4.90 Å². The fourth-order valence-corrected chi connectivity index (χ4v) is 4.45. The monoisotopic (exact) mass is 427 g/mol. The fourth-order valence-electron chi connectivity index (χ4n) is 4.45. The summed E-state index contributed by atoms with van der Waals surface area (Å²) in [6, 6.07) is 26.6. The minimum absolute atomic E-state index is 0.288. The third kappa shape index (κ3) is 5.80. The minimum atomic E-state index is 0.288. The van der Waals surface area contributed by atoms with Gasteiger partial charge in [0.1, 0.15) is 18.1 Å². The molecule has 4 rings (SSSR count). The van der Waals surface area contributed by atoms with Crippen LogP contribution in [0.15, 0.2) is 84.4 Å². The third-order valence-corrected chi connectivity index (χ3v) is 6.21. The average molecular weight is 428 g/mol. The lowest BCUT2D eigenvalue weighted by molar-refractivity contribution is 0.238. The maximum atomic E-state index is 9.80. The number of phenolic OH excluding ortho intramolecular Hbond substituents is 1. The Balaban J connectivity index is 1.58. The van der Waals surface area contributed by atoms with Crippen molar-refractivity contribution < 1.29 is 9.84 Å². The summed E-state index contributed by atoms with van der Waals surface area (Å²) < 4.78 is 6.02. The second-order valence-electron chi connectivity index (χ2n) is 8.46. The predicted molar refractivity (Wildman–Crippen MR) is 132 cm³/mol. The van der Waals surface area contributed by atoms with Crippen LogP contribution in [0.25, 0.3) is 5.57 Å². The zero-order valence-corrected chi connectivity index (χ0v) is 19.0. The van der Waals surface area contributed by atoms with Gasteiger partial charge < -0.3 is 9.84 Å². The van der Waals surface area contributed by atoms with Crippen molar-refractivity contribution in [1.29, 1.82) is 0 Å². The number of likely N-dealkylation sites (tertiary alicyclic amines) is 1. The van der Waals surface area contributed by atoms with E-state index < -0.39 is 0 Å². The number of hydrogen-bond acceptors (Lipinski definition) is 3. The van der Waals surface area contributed by atoms with Crippen LogP contribution in [0, 0.1) is 0 Å². The second-order valence-corrected chi connectivity index (χ2v) is 8.46. The zero-order chi connectivity index (χ0) is 22.2. The van der Waals surface area contributed by atoms with Crippen molar-refractivity contribution in [2.75, 3.05) is 26.2 Å². The highest BCUT2D eigenvalue weighted by atomic mass is 16.5. The molecule has 0 saturated carbocycles. The molecule has 0 aliphatic carbocycles. The van der Waals surface area contributed by atoms with Crippen LogP contribution in [0.1, 0.15) is 42.9 Å². The molecule has 3 nitrogen and oxygen atoms in total. The van der Waals surface area contributed by atoms with Crippen LogP contribution in [0.2, 0.25) is 0 Å². The molecule has 3 heteroatoms. The third-order valence-electron chi connectivity index (χ3n) is 6.21. The first-order valence-corrected chi connectivity index (χ1v) is 11.7. The summed E-state index contributed by atoms with van der Waals surface area (Å²) in [6.45, 7) is 6.34. The maximum absolute atomic E-state index is 9.80. The van der Waals surface area contributed by atoms with Crippen LogP contribution in [0.5, 0.6) is 11.5 Å². The summed E-state index contributed by atoms with van der Waals surface area (Å²) in [5.74, 6) is 1.20. The fraction of sp³-hybridized carbons (Fsp3) is 0.310. The highest BCUT2D eigenvalue weighted by Crippen LogP contribution is 2.32. The van der Waals surface area contributed by atoms with Gasteiger partial charge in [-0.05, 0) is 85.3 Å². The van der Waals surface area contributed by atoms with Gasteiger partial charge in [0, 0.05) is 6.54 Å². The summed E-state index contributed by atoms with van der Waals surface area (Å²) in [5, 5.41) is 9.80. The maximum Gasteiger partial charge on any atom is 0.119 e. The molecule has 0 aromatic heterocycles. The number of aromatic hydroxyl groups is 1. The van der Waals surface area contributed by atoms with Crippen molar-refractivity contribution in [3.8, 4) is 11.5 Å². The zero-order valence-electron chi connectivity index (χ0n) is 19.0. The molecule has 0 spiro atoms. The molecule has 0 unspecified atom stereocenters. The minimum Gasteiger partial charge on any atom is -0.508 e. The molecule has 1 aliphatic rings. The predicted octanol–water partition coefficient (Wildman–Crippen LogP) is 6.32. The smallest absolute Gasteiger partial charge is 0.119 e. The molecule has 166 valence electrons. The van der Waals surface area contributed by atoms with Gasteiger partial charge in [0.05, 0.1) is 0 Å². The molecule has 0 radical (unpaired) electrons. The van der Waals surface area contributed by atoms with Gasteiger partial charge in [0.25, 0.3) is 0 Å². The number of hydrogen-bond donors (Lipinski definition) is 1. The average Bonchev–Trinajstić information content (AvgIpc) is 3.35. The molecular formula is C29H33NO2. The first-order chi connectivity index (χ1) is 15.7. The van der Waals surface area contributed by atoms with Crippen molar-refractivity contribution in [1.82, 2.24) is 4.90 Å². The summed E-state index contributed by atoms with van der Waals surface area (Å²) in [7, 11) is 0. The lowest BCUT2D eigenvalue weighted by Crippen LogP contribution is -2.25. The van der Waals surface area contributed by atoms with Crippen LogP contribution >= 0.6 is 0 Å². The van der Waals surface area contributed by atoms with Crippen molar-refractivity contribution in [3.63, 3.8) is 0 Å². The molecule has 1 saturated heterocycles. The molecular weight excluding hydrogens is 394 g/mol. The topological polar surface area (TPSA) is 32.7 Å². The van der Waals surface area contributed by atoms with E-state index in [0.29, 0.717) is 0 Å². The quantitative estimate of drug-likeness (QED) is 0.434. The Kier molecular flexibility index (Phi) is 7.63. The molecule has 32 heavy (non-hydrogen) atoms. The molecule has 0 bridgehead atoms. The van der Waals surface area contributed by atoms with Gasteiger partial charge in [-0.2, -0.15) is 0 Å². The first-order valence-electron chi connectivity index (χ1n) is 11.7. The summed E-state index contributed by atoms with van der Waals surface area (Å²) in [5.41, 5.74) is 6.22. The van der Waals surface area contributed by atoms with Gasteiger partial charge in [0.15, 0.2) is 0 Å². The van der Waals surface area contributed by atoms with Crippen molar-refractivity contribution in [3.05, 3.63) is 101 Å². The van der Waals surface area contributed by atoms with E-state index in [1.807, 2.05) is 12.1 Å². The number of benzene rings is 3. The molecule has 1 aliphatic heterocycles. The number of rotatable bonds is 9. The van der Waals surface area contributed by atoms with E-state index in [2.05, 4.69) is 66.4 Å². The van der Waals surface area contributed by atoms with Crippen LogP contribution in [0.3, 0.4) is 0 Å². The van der Waals surface area contributed by atoms with Crippen LogP contribution in [0.4, 0.5) is 0 Å². The first kappa shape index (κ1) is 22.2. The van der Waals surface area contributed by atoms with Crippen molar-refractivity contribution in [2.24, 2.45) is 0 Å². The largest absolute Gasteiger partial charge is 0.508 e. The Morgan fingerprint density at radius 1 is 0.844 bits per heavy atom. The molecule has 0 amide bonds. The lowest BCUT2D eigenvalue weighted by atomic mass is 9.88. The lowest BCUT2D eigenvalue weighted by Gasteiger charge is -2.17. The van der Waals surface area contributed by atoms with Gasteiger partial charge in [-0.25, -0.2) is 0 Å². The normalized spacial score (nSPS) is 14.9. The molecule has 1 heterocycles. The Morgan fingerprint density at radius 3 is 2.09 bits per heavy atom. The van der Waals surface area contributed by atoms with Gasteiger partial charge in [-0.15, -0.1) is 0 Å². The Morgan fingerprint density at radius 2 is 1.47 bits per heavy atom. The summed E-state index contributed by atoms with van der Waals surface area (Å²) >= 11 is 0. The van der Waals surface area contributed by atoms with E-state index in [4.69, 9.17) is 4.74 Å². The van der Waals surface area contributed by atoms with E-state index in [1.165, 1.54) is 48.2 Å². The van der Waals surface area contributed by atoms with Crippen molar-refractivity contribution in [2.45, 2.75) is 32.6 Å². The van der Waals surface area contributed by atoms with Crippen LogP contribution in [-0.2, 0) is 6.42 Å². The summed E-state index contributed by atoms with van der Waals surface area (Å²) in [6.07, 6.45) is 4.48. The van der Waals surface area contributed by atoms with Gasteiger partial charge in [-0.1, -0.05) is 67.1 Å². The molecule has 0 atom stereocenters. The Bertz CT molecular complexity index is 1000. The molecule has 3 aromatic carbocycles.